The number of imidazole rings is 1. The fraction of sp³-hybridized carbons (Fsp3) is 0.703. The van der Waals surface area contributed by atoms with Crippen LogP contribution in [0.3, 0.4) is 0 Å². The lowest BCUT2D eigenvalue weighted by molar-refractivity contribution is -0.211. The Balaban J connectivity index is 1.64. The normalized spacial score (nSPS) is 36.3. The Labute approximate surface area is 289 Å². The van der Waals surface area contributed by atoms with Gasteiger partial charge >= 0.3 is 5.97 Å². The summed E-state index contributed by atoms with van der Waals surface area (Å²) >= 11 is 0. The van der Waals surface area contributed by atoms with Crippen LogP contribution < -0.4 is 0 Å². The van der Waals surface area contributed by atoms with E-state index in [4.69, 9.17) is 14.2 Å². The van der Waals surface area contributed by atoms with Crippen LogP contribution in [-0.2, 0) is 35.1 Å². The number of Topliss-reactive ketones (excluding diaryl/α,β-unsaturated/α-hetero) is 2. The zero-order valence-electron chi connectivity index (χ0n) is 30.7. The predicted molar refractivity (Wildman–Crippen MR) is 182 cm³/mol. The van der Waals surface area contributed by atoms with E-state index in [9.17, 15) is 19.5 Å². The van der Waals surface area contributed by atoms with Gasteiger partial charge in [-0.1, -0.05) is 41.5 Å². The summed E-state index contributed by atoms with van der Waals surface area (Å²) in [5.41, 5.74) is -4.62. The van der Waals surface area contributed by atoms with E-state index in [1.807, 2.05) is 43.7 Å². The van der Waals surface area contributed by atoms with Gasteiger partial charge in [0.2, 0.25) is 6.41 Å². The molecule has 4 rings (SSSR count). The number of ketones is 2. The number of hydrogen-bond donors (Lipinski definition) is 1. The molecule has 0 spiro atoms. The minimum absolute atomic E-state index is 0.0769. The third-order valence-corrected chi connectivity index (χ3v) is 11.8. The van der Waals surface area contributed by atoms with Gasteiger partial charge in [0, 0.05) is 67.5 Å². The van der Waals surface area contributed by atoms with Gasteiger partial charge in [0.15, 0.2) is 5.78 Å². The van der Waals surface area contributed by atoms with Crippen molar-refractivity contribution in [1.29, 1.82) is 0 Å². The Hall–Kier alpha value is -3.06. The molecular weight excluding hydrogens is 631 g/mol. The van der Waals surface area contributed by atoms with Crippen LogP contribution in [-0.4, -0.2) is 91.2 Å². The number of pyridine rings is 1. The number of hydrogen-bond acceptors (Lipinski definition) is 10. The minimum atomic E-state index is -2.96. The number of aryl methyl sites for hydroxylation is 1. The molecule has 4 heterocycles. The van der Waals surface area contributed by atoms with Gasteiger partial charge in [-0.3, -0.25) is 14.6 Å². The number of esters is 1. The predicted octanol–water partition coefficient (Wildman–Crippen LogP) is 5.39. The largest absolute Gasteiger partial charge is 0.457 e. The molecule has 0 amide bonds. The van der Waals surface area contributed by atoms with Crippen molar-refractivity contribution < 1.29 is 38.1 Å². The van der Waals surface area contributed by atoms with Crippen molar-refractivity contribution in [2.45, 2.75) is 130 Å². The monoisotopic (exact) mass is 686 g/mol. The van der Waals surface area contributed by atoms with Crippen LogP contribution >= 0.6 is 0 Å². The first-order chi connectivity index (χ1) is 22.9. The fourth-order valence-corrected chi connectivity index (χ4v) is 7.90. The van der Waals surface area contributed by atoms with Gasteiger partial charge in [-0.25, -0.2) is 19.1 Å². The highest BCUT2D eigenvalue weighted by molar-refractivity contribution is 6.08. The molecule has 1 unspecified atom stereocenters. The number of aliphatic hydroxyl groups excluding tert-OH is 1. The summed E-state index contributed by atoms with van der Waals surface area (Å²) in [5.74, 6) is -4.49. The Kier molecular flexibility index (Phi) is 11.6. The minimum Gasteiger partial charge on any atom is -0.457 e. The van der Waals surface area contributed by atoms with E-state index in [0.29, 0.717) is 19.5 Å². The Morgan fingerprint density at radius 2 is 1.76 bits per heavy atom. The zero-order chi connectivity index (χ0) is 36.5. The molecule has 272 valence electrons. The van der Waals surface area contributed by atoms with Crippen molar-refractivity contribution in [1.82, 2.24) is 19.4 Å². The molecule has 2 fully saturated rings. The van der Waals surface area contributed by atoms with Gasteiger partial charge < -0.3 is 23.9 Å². The van der Waals surface area contributed by atoms with Crippen LogP contribution in [0.2, 0.25) is 0 Å². The molecule has 0 aromatic carbocycles. The number of unbranched alkanes of at least 4 members (excludes halogenated alkanes) is 1. The van der Waals surface area contributed by atoms with E-state index >= 15 is 4.39 Å². The SMILES string of the molecule is CC[C@H]1OC(=O)[C@@](C)(F)C(=O)[C@H](C)C(C)(C)[C@](C)(OC)C[C@@H](C)C(=O)[C@H](C)[C@H]2N(CCCCn3cnc(-c4cccnc4)c3)C(O)O[C@]12C. The number of alkyl halides is 1. The average Bonchev–Trinajstić information content (AvgIpc) is 3.65. The molecule has 2 aliphatic rings. The molecule has 2 aliphatic heterocycles. The third-order valence-electron chi connectivity index (χ3n) is 11.8. The van der Waals surface area contributed by atoms with Crippen molar-refractivity contribution in [2.24, 2.45) is 23.2 Å². The molecule has 9 atom stereocenters. The second-order valence-electron chi connectivity index (χ2n) is 15.1. The fourth-order valence-electron chi connectivity index (χ4n) is 7.90. The van der Waals surface area contributed by atoms with Gasteiger partial charge in [0.1, 0.15) is 17.5 Å². The molecule has 2 saturated heterocycles. The van der Waals surface area contributed by atoms with Crippen molar-refractivity contribution in [3.8, 4) is 11.3 Å². The molecule has 0 bridgehead atoms. The highest BCUT2D eigenvalue weighted by atomic mass is 19.1. The number of cyclic esters (lactones) is 1. The lowest BCUT2D eigenvalue weighted by atomic mass is 9.61. The topological polar surface area (TPSA) is 133 Å². The lowest BCUT2D eigenvalue weighted by Gasteiger charge is -2.49. The maximum absolute atomic E-state index is 16.3. The number of rotatable bonds is 8. The van der Waals surface area contributed by atoms with Crippen LogP contribution in [0.4, 0.5) is 4.39 Å². The van der Waals surface area contributed by atoms with Crippen LogP contribution in [0.25, 0.3) is 11.3 Å². The molecule has 0 saturated carbocycles. The van der Waals surface area contributed by atoms with Crippen LogP contribution in [0.1, 0.15) is 88.0 Å². The third kappa shape index (κ3) is 7.25. The second kappa shape index (κ2) is 14.7. The van der Waals surface area contributed by atoms with Gasteiger partial charge in [0.05, 0.1) is 23.7 Å². The molecule has 49 heavy (non-hydrogen) atoms. The summed E-state index contributed by atoms with van der Waals surface area (Å²) < 4.78 is 36.4. The van der Waals surface area contributed by atoms with Gasteiger partial charge in [-0.05, 0) is 58.6 Å². The standard InChI is InChI=1S/C37H55FN4O7/c1-11-28-37(9)30(42(33(46)49-37)18-13-12-17-41-21-27(40-22-41)26-15-14-16-39-20-26)24(3)29(43)23(2)19-35(7,47-10)34(5,6)25(4)31(44)36(8,38)32(45)48-28/h14-16,20-25,28,30,33,46H,11-13,17-19H2,1-10H3/t23-,24+,25+,28-,30-,33?,35-,36+,37-/m1/s1. The summed E-state index contributed by atoms with van der Waals surface area (Å²) in [4.78, 5) is 52.0. The quantitative estimate of drug-likeness (QED) is 0.219. The maximum Gasteiger partial charge on any atom is 0.351 e. The number of carbonyl (C=O) groups is 3. The van der Waals surface area contributed by atoms with Gasteiger partial charge in [0.25, 0.3) is 5.67 Å². The number of aliphatic hydroxyl groups is 1. The second-order valence-corrected chi connectivity index (χ2v) is 15.1. The van der Waals surface area contributed by atoms with E-state index in [2.05, 4.69) is 9.97 Å². The lowest BCUT2D eigenvalue weighted by Crippen LogP contribution is -2.60. The number of carbonyl (C=O) groups excluding carboxylic acids is 3. The van der Waals surface area contributed by atoms with Gasteiger partial charge in [-0.15, -0.1) is 0 Å². The van der Waals surface area contributed by atoms with Crippen molar-refractivity contribution >= 4 is 17.5 Å². The van der Waals surface area contributed by atoms with Gasteiger partial charge in [-0.2, -0.15) is 0 Å². The van der Waals surface area contributed by atoms with Crippen molar-refractivity contribution in [3.63, 3.8) is 0 Å². The van der Waals surface area contributed by atoms with Crippen LogP contribution in [0.15, 0.2) is 37.1 Å². The number of halogens is 1. The molecule has 0 radical (unpaired) electrons. The van der Waals surface area contributed by atoms with Crippen LogP contribution in [0, 0.1) is 23.2 Å². The summed E-state index contributed by atoms with van der Waals surface area (Å²) in [6.07, 6.45) is 6.56. The van der Waals surface area contributed by atoms with E-state index in [1.54, 1.807) is 58.2 Å². The highest BCUT2D eigenvalue weighted by Gasteiger charge is 2.61. The molecule has 11 nitrogen and oxygen atoms in total. The maximum atomic E-state index is 16.3. The molecule has 1 N–H and O–H groups in total. The molecule has 2 aromatic rings. The molecule has 12 heteroatoms. The number of fused-ring (bicyclic) bond motifs is 1. The van der Waals surface area contributed by atoms with Crippen LogP contribution in [0.5, 0.6) is 0 Å². The van der Waals surface area contributed by atoms with Crippen molar-refractivity contribution in [2.75, 3.05) is 13.7 Å². The first-order valence-corrected chi connectivity index (χ1v) is 17.4. The zero-order valence-corrected chi connectivity index (χ0v) is 30.7. The number of methoxy groups -OCH3 is 1. The highest BCUT2D eigenvalue weighted by Crippen LogP contribution is 2.48. The summed E-state index contributed by atoms with van der Waals surface area (Å²) in [7, 11) is 1.51. The van der Waals surface area contributed by atoms with E-state index in [1.165, 1.54) is 7.11 Å². The number of ether oxygens (including phenoxy) is 3. The molecule has 0 aliphatic carbocycles. The van der Waals surface area contributed by atoms with E-state index in [0.717, 1.165) is 24.6 Å². The summed E-state index contributed by atoms with van der Waals surface area (Å²) in [6.45, 7) is 16.1. The smallest absolute Gasteiger partial charge is 0.351 e. The van der Waals surface area contributed by atoms with E-state index < -0.39 is 70.4 Å². The first-order valence-electron chi connectivity index (χ1n) is 17.4. The van der Waals surface area contributed by atoms with Crippen molar-refractivity contribution in [3.05, 3.63) is 37.1 Å². The van der Waals surface area contributed by atoms with E-state index in [-0.39, 0.29) is 18.6 Å². The first kappa shape index (κ1) is 38.7. The number of nitrogens with zero attached hydrogens (tertiary/aromatic N) is 4. The Bertz CT molecular complexity index is 1480. The molecule has 2 aromatic heterocycles. The Morgan fingerprint density at radius 3 is 2.37 bits per heavy atom. The molecular formula is C37H55FN4O7. The Morgan fingerprint density at radius 1 is 1.08 bits per heavy atom. The summed E-state index contributed by atoms with van der Waals surface area (Å²) in [6, 6.07) is 3.08. The number of aromatic nitrogens is 3. The average molecular weight is 687 g/mol. The summed E-state index contributed by atoms with van der Waals surface area (Å²) in [5, 5.41) is 11.4.